The van der Waals surface area contributed by atoms with E-state index in [1.165, 1.54) is 0 Å². The molecule has 0 unspecified atom stereocenters. The van der Waals surface area contributed by atoms with Crippen LogP contribution in [0.15, 0.2) is 53.7 Å². The smallest absolute Gasteiger partial charge is 0.270 e. The minimum Gasteiger partial charge on any atom is -0.391 e. The monoisotopic (exact) mass is 290 g/mol. The van der Waals surface area contributed by atoms with Crippen molar-refractivity contribution in [2.24, 2.45) is 5.16 Å². The molecule has 2 rings (SSSR count). The van der Waals surface area contributed by atoms with Crippen LogP contribution in [0.25, 0.3) is 0 Å². The number of halogens is 2. The molecule has 0 bridgehead atoms. The second kappa shape index (κ2) is 7.14. The van der Waals surface area contributed by atoms with Gasteiger partial charge in [0.2, 0.25) is 0 Å². The van der Waals surface area contributed by atoms with Gasteiger partial charge in [-0.25, -0.2) is 8.78 Å². The van der Waals surface area contributed by atoms with Crippen molar-refractivity contribution in [3.05, 3.63) is 65.7 Å². The van der Waals surface area contributed by atoms with Gasteiger partial charge in [-0.15, -0.1) is 0 Å². The van der Waals surface area contributed by atoms with Crippen LogP contribution in [0.4, 0.5) is 14.5 Å². The predicted molar refractivity (Wildman–Crippen MR) is 74.7 cm³/mol. The molecule has 0 saturated heterocycles. The Bertz CT molecular complexity index is 645. The summed E-state index contributed by atoms with van der Waals surface area (Å²) in [5.41, 5.74) is 0.774. The van der Waals surface area contributed by atoms with Crippen LogP contribution in [0, 0.1) is 11.6 Å². The maximum atomic E-state index is 13.3. The quantitative estimate of drug-likeness (QED) is 0.679. The topological polar surface area (TPSA) is 50.7 Å². The van der Waals surface area contributed by atoms with Crippen molar-refractivity contribution in [1.82, 2.24) is 0 Å². The first-order chi connectivity index (χ1) is 10.1. The van der Waals surface area contributed by atoms with Gasteiger partial charge < -0.3 is 10.2 Å². The molecule has 1 amide bonds. The third kappa shape index (κ3) is 4.68. The van der Waals surface area contributed by atoms with E-state index >= 15 is 0 Å². The maximum Gasteiger partial charge on any atom is 0.270 e. The Hall–Kier alpha value is -2.76. The van der Waals surface area contributed by atoms with E-state index in [4.69, 9.17) is 4.84 Å². The van der Waals surface area contributed by atoms with E-state index in [0.29, 0.717) is 6.07 Å². The normalized spacial score (nSPS) is 10.6. The van der Waals surface area contributed by atoms with Crippen molar-refractivity contribution >= 4 is 17.8 Å². The fourth-order valence-corrected chi connectivity index (χ4v) is 1.53. The SMILES string of the molecule is O=C(/C=N\OCc1ccccc1)Nc1ccc(F)cc1F. The number of oxime groups is 1. The van der Waals surface area contributed by atoms with Crippen molar-refractivity contribution in [3.8, 4) is 0 Å². The first kappa shape index (κ1) is 14.6. The molecule has 6 heteroatoms. The molecule has 0 fully saturated rings. The molecule has 0 saturated carbocycles. The van der Waals surface area contributed by atoms with Crippen molar-refractivity contribution in [2.45, 2.75) is 6.61 Å². The van der Waals surface area contributed by atoms with E-state index in [1.54, 1.807) is 0 Å². The van der Waals surface area contributed by atoms with Gasteiger partial charge in [0.1, 0.15) is 24.5 Å². The second-order valence-corrected chi connectivity index (χ2v) is 4.11. The molecule has 1 N–H and O–H groups in total. The van der Waals surface area contributed by atoms with E-state index in [-0.39, 0.29) is 12.3 Å². The number of nitrogens with zero attached hydrogens (tertiary/aromatic N) is 1. The number of anilines is 1. The van der Waals surface area contributed by atoms with Crippen molar-refractivity contribution in [2.75, 3.05) is 5.32 Å². The molecular formula is C15H12F2N2O2. The molecule has 0 aliphatic rings. The Balaban J connectivity index is 1.82. The number of carbonyl (C=O) groups is 1. The molecule has 0 aliphatic heterocycles. The lowest BCUT2D eigenvalue weighted by Crippen LogP contribution is -2.14. The highest BCUT2D eigenvalue weighted by Crippen LogP contribution is 2.14. The summed E-state index contributed by atoms with van der Waals surface area (Å²) in [5, 5.41) is 5.70. The van der Waals surface area contributed by atoms with Crippen molar-refractivity contribution < 1.29 is 18.4 Å². The highest BCUT2D eigenvalue weighted by Gasteiger charge is 2.06. The molecular weight excluding hydrogens is 278 g/mol. The maximum absolute atomic E-state index is 13.3. The minimum atomic E-state index is -0.859. The minimum absolute atomic E-state index is 0.129. The zero-order valence-electron chi connectivity index (χ0n) is 10.9. The molecule has 0 radical (unpaired) electrons. The molecule has 0 aliphatic carbocycles. The van der Waals surface area contributed by atoms with Crippen LogP contribution < -0.4 is 5.32 Å². The van der Waals surface area contributed by atoms with E-state index in [2.05, 4.69) is 10.5 Å². The molecule has 0 heterocycles. The fourth-order valence-electron chi connectivity index (χ4n) is 1.53. The van der Waals surface area contributed by atoms with Crippen LogP contribution in [0.5, 0.6) is 0 Å². The molecule has 2 aromatic rings. The van der Waals surface area contributed by atoms with Gasteiger partial charge in [0, 0.05) is 6.07 Å². The van der Waals surface area contributed by atoms with Gasteiger partial charge in [-0.05, 0) is 17.7 Å². The Morgan fingerprint density at radius 1 is 1.19 bits per heavy atom. The third-order valence-corrected chi connectivity index (χ3v) is 2.51. The van der Waals surface area contributed by atoms with Gasteiger partial charge in [-0.2, -0.15) is 0 Å². The summed E-state index contributed by atoms with van der Waals surface area (Å²) in [6, 6.07) is 12.1. The second-order valence-electron chi connectivity index (χ2n) is 4.11. The first-order valence-corrected chi connectivity index (χ1v) is 6.10. The lowest BCUT2D eigenvalue weighted by Gasteiger charge is -2.03. The zero-order valence-corrected chi connectivity index (χ0v) is 10.9. The van der Waals surface area contributed by atoms with Gasteiger partial charge in [0.05, 0.1) is 5.69 Å². The molecule has 0 aromatic heterocycles. The largest absolute Gasteiger partial charge is 0.391 e. The molecule has 0 spiro atoms. The van der Waals surface area contributed by atoms with E-state index in [1.807, 2.05) is 30.3 Å². The van der Waals surface area contributed by atoms with Crippen molar-refractivity contribution in [1.29, 1.82) is 0 Å². The third-order valence-electron chi connectivity index (χ3n) is 2.51. The Labute approximate surface area is 120 Å². The van der Waals surface area contributed by atoms with Crippen LogP contribution >= 0.6 is 0 Å². The molecule has 2 aromatic carbocycles. The fraction of sp³-hybridized carbons (Fsp3) is 0.0667. The average Bonchev–Trinajstić information content (AvgIpc) is 2.48. The van der Waals surface area contributed by atoms with Crippen LogP contribution in [0.2, 0.25) is 0 Å². The summed E-state index contributed by atoms with van der Waals surface area (Å²) < 4.78 is 26.0. The summed E-state index contributed by atoms with van der Waals surface area (Å²) in [4.78, 5) is 16.4. The number of rotatable bonds is 5. The summed E-state index contributed by atoms with van der Waals surface area (Å²) in [7, 11) is 0. The Morgan fingerprint density at radius 3 is 2.67 bits per heavy atom. The zero-order chi connectivity index (χ0) is 15.1. The Morgan fingerprint density at radius 2 is 1.95 bits per heavy atom. The highest BCUT2D eigenvalue weighted by atomic mass is 19.1. The number of benzene rings is 2. The van der Waals surface area contributed by atoms with Gasteiger partial charge in [-0.3, -0.25) is 4.79 Å². The molecule has 108 valence electrons. The summed E-state index contributed by atoms with van der Waals surface area (Å²) in [6.45, 7) is 0.218. The van der Waals surface area contributed by atoms with E-state index < -0.39 is 17.5 Å². The predicted octanol–water partition coefficient (Wildman–Crippen LogP) is 3.11. The summed E-state index contributed by atoms with van der Waals surface area (Å²) in [5.74, 6) is -2.25. The number of hydrogen-bond donors (Lipinski definition) is 1. The van der Waals surface area contributed by atoms with Gasteiger partial charge in [0.25, 0.3) is 5.91 Å². The van der Waals surface area contributed by atoms with Crippen LogP contribution in [0.1, 0.15) is 5.56 Å². The highest BCUT2D eigenvalue weighted by molar-refractivity contribution is 6.31. The van der Waals surface area contributed by atoms with Crippen LogP contribution in [0.3, 0.4) is 0 Å². The number of nitrogens with one attached hydrogen (secondary N) is 1. The average molecular weight is 290 g/mol. The summed E-state index contributed by atoms with van der Waals surface area (Å²) in [6.07, 6.45) is 0.881. The number of carbonyl (C=O) groups excluding carboxylic acids is 1. The molecule has 21 heavy (non-hydrogen) atoms. The number of amides is 1. The standard InChI is InChI=1S/C15H12F2N2O2/c16-12-6-7-14(13(17)8-12)19-15(20)9-18-21-10-11-4-2-1-3-5-11/h1-9H,10H2,(H,19,20)/b18-9-. The number of hydrogen-bond acceptors (Lipinski definition) is 3. The van der Waals surface area contributed by atoms with E-state index in [9.17, 15) is 13.6 Å². The van der Waals surface area contributed by atoms with Crippen LogP contribution in [-0.4, -0.2) is 12.1 Å². The summed E-state index contributed by atoms with van der Waals surface area (Å²) >= 11 is 0. The lowest BCUT2D eigenvalue weighted by atomic mass is 10.2. The lowest BCUT2D eigenvalue weighted by molar-refractivity contribution is -0.110. The molecule has 4 nitrogen and oxygen atoms in total. The molecule has 0 atom stereocenters. The van der Waals surface area contributed by atoms with Crippen LogP contribution in [-0.2, 0) is 16.2 Å². The van der Waals surface area contributed by atoms with E-state index in [0.717, 1.165) is 23.9 Å². The first-order valence-electron chi connectivity index (χ1n) is 6.10. The van der Waals surface area contributed by atoms with Gasteiger partial charge in [-0.1, -0.05) is 35.5 Å². The van der Waals surface area contributed by atoms with Gasteiger partial charge >= 0.3 is 0 Å². The van der Waals surface area contributed by atoms with Crippen molar-refractivity contribution in [3.63, 3.8) is 0 Å². The Kier molecular flexibility index (Phi) is 4.98. The van der Waals surface area contributed by atoms with Gasteiger partial charge in [0.15, 0.2) is 0 Å².